The summed E-state index contributed by atoms with van der Waals surface area (Å²) in [5.41, 5.74) is 0. The topological polar surface area (TPSA) is 108 Å². The van der Waals surface area contributed by atoms with Crippen LogP contribution in [0.25, 0.3) is 0 Å². The summed E-state index contributed by atoms with van der Waals surface area (Å²) in [4.78, 5) is 40.6. The van der Waals surface area contributed by atoms with Crippen LogP contribution < -0.4 is 0 Å². The number of thiazole rings is 1. The lowest BCUT2D eigenvalue weighted by Crippen LogP contribution is -2.30. The van der Waals surface area contributed by atoms with E-state index < -0.39 is 11.9 Å². The smallest absolute Gasteiger partial charge is 0.303 e. The van der Waals surface area contributed by atoms with Crippen LogP contribution in [-0.4, -0.2) is 51.0 Å². The summed E-state index contributed by atoms with van der Waals surface area (Å²) in [6, 6.07) is 0. The molecule has 0 radical (unpaired) electrons. The number of carboxylic acids is 2. The van der Waals surface area contributed by atoms with E-state index in [1.54, 1.807) is 11.1 Å². The van der Waals surface area contributed by atoms with Gasteiger partial charge in [-0.1, -0.05) is 0 Å². The first-order valence-corrected chi connectivity index (χ1v) is 7.79. The van der Waals surface area contributed by atoms with Crippen LogP contribution in [0.4, 0.5) is 0 Å². The maximum absolute atomic E-state index is 12.3. The van der Waals surface area contributed by atoms with Crippen LogP contribution in [0.1, 0.15) is 22.7 Å². The fraction of sp³-hybridized carbons (Fsp3) is 0.571. The third kappa shape index (κ3) is 4.27. The van der Waals surface area contributed by atoms with E-state index in [9.17, 15) is 14.4 Å². The van der Waals surface area contributed by atoms with Crippen LogP contribution in [0, 0.1) is 18.8 Å². The molecule has 1 aliphatic heterocycles. The molecule has 2 N–H and O–H groups in total. The molecule has 0 unspecified atom stereocenters. The number of hydrogen-bond acceptors (Lipinski definition) is 5. The predicted octanol–water partition coefficient (Wildman–Crippen LogP) is 1.02. The molecular formula is C14H18N2O5S. The van der Waals surface area contributed by atoms with Gasteiger partial charge < -0.3 is 15.1 Å². The number of carbonyl (C=O) groups excluding carboxylic acids is 1. The number of aliphatic carboxylic acids is 2. The van der Waals surface area contributed by atoms with Gasteiger partial charge in [0.05, 0.1) is 24.3 Å². The van der Waals surface area contributed by atoms with Crippen molar-refractivity contribution in [3.63, 3.8) is 0 Å². The van der Waals surface area contributed by atoms with E-state index in [2.05, 4.69) is 4.98 Å². The van der Waals surface area contributed by atoms with Crippen molar-refractivity contribution in [3.05, 3.63) is 16.1 Å². The Labute approximate surface area is 131 Å². The molecule has 1 aromatic rings. The average Bonchev–Trinajstić information content (AvgIpc) is 2.96. The summed E-state index contributed by atoms with van der Waals surface area (Å²) in [7, 11) is 0. The van der Waals surface area contributed by atoms with E-state index in [1.165, 1.54) is 11.3 Å². The van der Waals surface area contributed by atoms with Crippen molar-refractivity contribution in [2.45, 2.75) is 26.2 Å². The van der Waals surface area contributed by atoms with E-state index in [0.717, 1.165) is 9.88 Å². The van der Waals surface area contributed by atoms with Gasteiger partial charge in [-0.05, 0) is 18.8 Å². The molecule has 120 valence electrons. The summed E-state index contributed by atoms with van der Waals surface area (Å²) in [5.74, 6) is -2.64. The standard InChI is InChI=1S/C14H18N2O5S/c1-8-15-5-11(22-8)4-12(17)16-6-9(2-13(18)19)10(7-16)3-14(20)21/h5,9-10H,2-4,6-7H2,1H3,(H,18,19)(H,20,21)/t9-,10-/m1/s1. The van der Waals surface area contributed by atoms with Gasteiger partial charge in [0.2, 0.25) is 5.91 Å². The molecular weight excluding hydrogens is 308 g/mol. The Bertz CT molecular complexity index is 562. The number of likely N-dealkylation sites (tertiary alicyclic amines) is 1. The fourth-order valence-electron chi connectivity index (χ4n) is 2.80. The minimum absolute atomic E-state index is 0.105. The average molecular weight is 326 g/mol. The molecule has 2 atom stereocenters. The molecule has 1 aliphatic rings. The maximum Gasteiger partial charge on any atom is 0.303 e. The van der Waals surface area contributed by atoms with Crippen molar-refractivity contribution in [3.8, 4) is 0 Å². The zero-order valence-electron chi connectivity index (χ0n) is 12.2. The second-order valence-electron chi connectivity index (χ2n) is 5.54. The molecule has 1 fully saturated rings. The molecule has 0 aliphatic carbocycles. The second-order valence-corrected chi connectivity index (χ2v) is 6.86. The molecule has 0 bridgehead atoms. The molecule has 8 heteroatoms. The van der Waals surface area contributed by atoms with Crippen molar-refractivity contribution < 1.29 is 24.6 Å². The summed E-state index contributed by atoms with van der Waals surface area (Å²) in [6.07, 6.45) is 1.67. The number of aryl methyl sites for hydroxylation is 1. The molecule has 1 aromatic heterocycles. The van der Waals surface area contributed by atoms with Crippen molar-refractivity contribution in [1.29, 1.82) is 0 Å². The first kappa shape index (κ1) is 16.4. The first-order valence-electron chi connectivity index (χ1n) is 6.97. The van der Waals surface area contributed by atoms with Gasteiger partial charge in [-0.25, -0.2) is 4.98 Å². The molecule has 7 nitrogen and oxygen atoms in total. The Morgan fingerprint density at radius 3 is 2.18 bits per heavy atom. The van der Waals surface area contributed by atoms with Crippen LogP contribution in [0.3, 0.4) is 0 Å². The summed E-state index contributed by atoms with van der Waals surface area (Å²) >= 11 is 1.45. The van der Waals surface area contributed by atoms with Gasteiger partial charge in [0.15, 0.2) is 0 Å². The lowest BCUT2D eigenvalue weighted by atomic mass is 9.90. The monoisotopic (exact) mass is 326 g/mol. The number of carboxylic acid groups (broad SMARTS) is 2. The Morgan fingerprint density at radius 1 is 1.23 bits per heavy atom. The zero-order valence-corrected chi connectivity index (χ0v) is 13.0. The molecule has 22 heavy (non-hydrogen) atoms. The highest BCUT2D eigenvalue weighted by Gasteiger charge is 2.37. The SMILES string of the molecule is Cc1ncc(CC(=O)N2C[C@@H](CC(=O)O)[C@H](CC(=O)O)C2)s1. The second kappa shape index (κ2) is 6.87. The van der Waals surface area contributed by atoms with Gasteiger partial charge >= 0.3 is 11.9 Å². The molecule has 1 saturated heterocycles. The highest BCUT2D eigenvalue weighted by atomic mass is 32.1. The fourth-order valence-corrected chi connectivity index (χ4v) is 3.59. The maximum atomic E-state index is 12.3. The van der Waals surface area contributed by atoms with Crippen LogP contribution in [0.2, 0.25) is 0 Å². The summed E-state index contributed by atoms with van der Waals surface area (Å²) in [5, 5.41) is 18.7. The zero-order chi connectivity index (χ0) is 16.3. The number of rotatable bonds is 6. The minimum Gasteiger partial charge on any atom is -0.481 e. The van der Waals surface area contributed by atoms with Crippen LogP contribution >= 0.6 is 11.3 Å². The highest BCUT2D eigenvalue weighted by Crippen LogP contribution is 2.29. The number of amides is 1. The normalized spacial score (nSPS) is 21.0. The van der Waals surface area contributed by atoms with Crippen LogP contribution in [0.15, 0.2) is 6.20 Å². The number of carbonyl (C=O) groups is 3. The molecule has 2 heterocycles. The Morgan fingerprint density at radius 2 is 1.77 bits per heavy atom. The molecule has 1 amide bonds. The van der Waals surface area contributed by atoms with Gasteiger partial charge in [-0.2, -0.15) is 0 Å². The highest BCUT2D eigenvalue weighted by molar-refractivity contribution is 7.11. The first-order chi connectivity index (χ1) is 10.3. The summed E-state index contributed by atoms with van der Waals surface area (Å²) < 4.78 is 0. The van der Waals surface area contributed by atoms with Gasteiger partial charge in [-0.3, -0.25) is 14.4 Å². The van der Waals surface area contributed by atoms with Crippen LogP contribution in [0.5, 0.6) is 0 Å². The van der Waals surface area contributed by atoms with Gasteiger partial charge in [0, 0.05) is 24.2 Å². The van der Waals surface area contributed by atoms with Crippen LogP contribution in [-0.2, 0) is 20.8 Å². The lowest BCUT2D eigenvalue weighted by Gasteiger charge is -2.15. The summed E-state index contributed by atoms with van der Waals surface area (Å²) in [6.45, 7) is 2.47. The van der Waals surface area contributed by atoms with E-state index in [4.69, 9.17) is 10.2 Å². The van der Waals surface area contributed by atoms with E-state index in [0.29, 0.717) is 13.1 Å². The van der Waals surface area contributed by atoms with Gasteiger partial charge in [0.1, 0.15) is 0 Å². The van der Waals surface area contributed by atoms with E-state index in [-0.39, 0.29) is 37.0 Å². The van der Waals surface area contributed by atoms with Crippen molar-refractivity contribution in [2.24, 2.45) is 11.8 Å². The number of nitrogens with zero attached hydrogens (tertiary/aromatic N) is 2. The quantitative estimate of drug-likeness (QED) is 0.808. The van der Waals surface area contributed by atoms with E-state index >= 15 is 0 Å². The third-order valence-electron chi connectivity index (χ3n) is 3.80. The Hall–Kier alpha value is -1.96. The van der Waals surface area contributed by atoms with E-state index in [1.807, 2.05) is 6.92 Å². The largest absolute Gasteiger partial charge is 0.481 e. The third-order valence-corrected chi connectivity index (χ3v) is 4.71. The Kier molecular flexibility index (Phi) is 5.12. The Balaban J connectivity index is 2.00. The predicted molar refractivity (Wildman–Crippen MR) is 78.6 cm³/mol. The molecule has 2 rings (SSSR count). The van der Waals surface area contributed by atoms with Crippen molar-refractivity contribution in [1.82, 2.24) is 9.88 Å². The van der Waals surface area contributed by atoms with Crippen molar-refractivity contribution >= 4 is 29.2 Å². The minimum atomic E-state index is -0.965. The lowest BCUT2D eigenvalue weighted by molar-refractivity contribution is -0.141. The van der Waals surface area contributed by atoms with Gasteiger partial charge in [0.25, 0.3) is 0 Å². The molecule has 0 spiro atoms. The number of hydrogen-bond donors (Lipinski definition) is 2. The molecule has 0 aromatic carbocycles. The number of aromatic nitrogens is 1. The van der Waals surface area contributed by atoms with Crippen molar-refractivity contribution in [2.75, 3.05) is 13.1 Å². The van der Waals surface area contributed by atoms with Gasteiger partial charge in [-0.15, -0.1) is 11.3 Å². The molecule has 0 saturated carbocycles.